The van der Waals surface area contributed by atoms with Gasteiger partial charge < -0.3 is 11.5 Å². The fourth-order valence-electron chi connectivity index (χ4n) is 1.51. The quantitative estimate of drug-likeness (QED) is 0.545. The maximum Gasteiger partial charge on any atom is 0.391 e. The van der Waals surface area contributed by atoms with Gasteiger partial charge in [-0.15, -0.1) is 0 Å². The van der Waals surface area contributed by atoms with E-state index in [1.807, 2.05) is 0 Å². The number of hydrogen-bond acceptors (Lipinski definition) is 4. The lowest BCUT2D eigenvalue weighted by molar-refractivity contribution is -0.519. The third-order valence-electron chi connectivity index (χ3n) is 2.22. The maximum atomic E-state index is 12.2. The molecule has 0 radical (unpaired) electrons. The number of nitro groups is 1. The second-order valence-electron chi connectivity index (χ2n) is 3.63. The van der Waals surface area contributed by atoms with Crippen LogP contribution in [0.2, 0.25) is 0 Å². The Morgan fingerprint density at radius 2 is 2.12 bits per heavy atom. The van der Waals surface area contributed by atoms with E-state index in [1.54, 1.807) is 0 Å². The summed E-state index contributed by atoms with van der Waals surface area (Å²) in [6, 6.07) is -1.67. The summed E-state index contributed by atoms with van der Waals surface area (Å²) in [6.45, 7) is 0. The van der Waals surface area contributed by atoms with Gasteiger partial charge in [0.2, 0.25) is 0 Å². The summed E-state index contributed by atoms with van der Waals surface area (Å²) in [7, 11) is 0. The average molecular weight is 237 g/mol. The lowest BCUT2D eigenvalue weighted by Crippen LogP contribution is -2.55. The van der Waals surface area contributed by atoms with Crippen molar-refractivity contribution in [2.75, 3.05) is 0 Å². The SMILES string of the molecule is NC1=CC([N+](=O)[O-])C(N)(CC(F)(F)F)C=C1. The predicted molar refractivity (Wildman–Crippen MR) is 49.8 cm³/mol. The number of rotatable bonds is 2. The van der Waals surface area contributed by atoms with Crippen LogP contribution in [0.25, 0.3) is 0 Å². The highest BCUT2D eigenvalue weighted by Gasteiger charge is 2.49. The van der Waals surface area contributed by atoms with Gasteiger partial charge in [0.15, 0.2) is 0 Å². The minimum atomic E-state index is -4.58. The van der Waals surface area contributed by atoms with Crippen LogP contribution in [-0.4, -0.2) is 22.7 Å². The van der Waals surface area contributed by atoms with Gasteiger partial charge in [-0.3, -0.25) is 10.1 Å². The molecule has 4 N–H and O–H groups in total. The van der Waals surface area contributed by atoms with Crippen LogP contribution in [0, 0.1) is 10.1 Å². The second-order valence-corrected chi connectivity index (χ2v) is 3.63. The summed E-state index contributed by atoms with van der Waals surface area (Å²) in [6.07, 6.45) is -3.04. The van der Waals surface area contributed by atoms with E-state index in [4.69, 9.17) is 11.5 Å². The van der Waals surface area contributed by atoms with Gasteiger partial charge in [-0.25, -0.2) is 0 Å². The fourth-order valence-corrected chi connectivity index (χ4v) is 1.51. The highest BCUT2D eigenvalue weighted by atomic mass is 19.4. The van der Waals surface area contributed by atoms with Gasteiger partial charge >= 0.3 is 6.18 Å². The van der Waals surface area contributed by atoms with Crippen molar-refractivity contribution in [2.24, 2.45) is 11.5 Å². The Morgan fingerprint density at radius 3 is 2.56 bits per heavy atom. The van der Waals surface area contributed by atoms with Crippen molar-refractivity contribution in [3.8, 4) is 0 Å². The van der Waals surface area contributed by atoms with Gasteiger partial charge in [0.05, 0.1) is 6.42 Å². The molecular weight excluding hydrogens is 227 g/mol. The predicted octanol–water partition coefficient (Wildman–Crippen LogP) is 0.694. The molecule has 0 heterocycles. The van der Waals surface area contributed by atoms with Gasteiger partial charge in [-0.2, -0.15) is 13.2 Å². The molecular formula is C8H10F3N3O2. The molecule has 0 saturated carbocycles. The Bertz CT molecular complexity index is 364. The number of alkyl halides is 3. The molecule has 0 amide bonds. The summed E-state index contributed by atoms with van der Waals surface area (Å²) in [5.74, 6) is 0. The van der Waals surface area contributed by atoms with Gasteiger partial charge in [-0.1, -0.05) is 6.08 Å². The molecule has 8 heteroatoms. The summed E-state index contributed by atoms with van der Waals surface area (Å²) in [4.78, 5) is 9.75. The highest BCUT2D eigenvalue weighted by Crippen LogP contribution is 2.32. The van der Waals surface area contributed by atoms with Crippen LogP contribution in [0.5, 0.6) is 0 Å². The third kappa shape index (κ3) is 2.72. The number of nitrogens with two attached hydrogens (primary N) is 2. The minimum Gasteiger partial charge on any atom is -0.399 e. The second kappa shape index (κ2) is 3.78. The molecule has 0 spiro atoms. The van der Waals surface area contributed by atoms with E-state index in [0.717, 1.165) is 18.2 Å². The average Bonchev–Trinajstić information content (AvgIpc) is 2.06. The van der Waals surface area contributed by atoms with Gasteiger partial charge in [-0.05, 0) is 6.08 Å². The fraction of sp³-hybridized carbons (Fsp3) is 0.500. The monoisotopic (exact) mass is 237 g/mol. The molecule has 0 aliphatic heterocycles. The minimum absolute atomic E-state index is 0.0324. The zero-order valence-electron chi connectivity index (χ0n) is 8.07. The summed E-state index contributed by atoms with van der Waals surface area (Å²) in [5, 5.41) is 10.6. The van der Waals surface area contributed by atoms with E-state index in [9.17, 15) is 23.3 Å². The Labute approximate surface area is 88.7 Å². The molecule has 90 valence electrons. The molecule has 0 saturated heterocycles. The van der Waals surface area contributed by atoms with Crippen LogP contribution in [0.4, 0.5) is 13.2 Å². The number of nitrogens with zero attached hydrogens (tertiary/aromatic N) is 1. The molecule has 1 rings (SSSR count). The Hall–Kier alpha value is -1.57. The smallest absolute Gasteiger partial charge is 0.391 e. The molecule has 2 unspecified atom stereocenters. The molecule has 0 fully saturated rings. The molecule has 0 aromatic rings. The lowest BCUT2D eigenvalue weighted by Gasteiger charge is -2.30. The normalized spacial score (nSPS) is 30.0. The topological polar surface area (TPSA) is 95.2 Å². The standard InChI is InChI=1S/C8H10F3N3O2/c9-8(10,11)4-7(13)2-1-5(12)3-6(7)14(15)16/h1-3,6H,4,12-13H2. The summed E-state index contributed by atoms with van der Waals surface area (Å²) >= 11 is 0. The van der Waals surface area contributed by atoms with Crippen molar-refractivity contribution in [3.63, 3.8) is 0 Å². The van der Waals surface area contributed by atoms with E-state index in [0.29, 0.717) is 0 Å². The van der Waals surface area contributed by atoms with E-state index in [1.165, 1.54) is 0 Å². The summed E-state index contributed by atoms with van der Waals surface area (Å²) < 4.78 is 36.7. The molecule has 0 aromatic heterocycles. The third-order valence-corrected chi connectivity index (χ3v) is 2.22. The number of hydrogen-bond donors (Lipinski definition) is 2. The number of halogens is 3. The van der Waals surface area contributed by atoms with Crippen molar-refractivity contribution in [1.82, 2.24) is 0 Å². The van der Waals surface area contributed by atoms with Crippen LogP contribution in [-0.2, 0) is 0 Å². The van der Waals surface area contributed by atoms with Crippen LogP contribution in [0.15, 0.2) is 23.9 Å². The molecule has 2 atom stereocenters. The molecule has 1 aliphatic carbocycles. The van der Waals surface area contributed by atoms with Crippen LogP contribution in [0.1, 0.15) is 6.42 Å². The molecule has 0 bridgehead atoms. The van der Waals surface area contributed by atoms with Crippen molar-refractivity contribution in [1.29, 1.82) is 0 Å². The van der Waals surface area contributed by atoms with E-state index in [2.05, 4.69) is 0 Å². The van der Waals surface area contributed by atoms with E-state index >= 15 is 0 Å². The first kappa shape index (κ1) is 12.5. The Balaban J connectivity index is 3.02. The maximum absolute atomic E-state index is 12.2. The molecule has 16 heavy (non-hydrogen) atoms. The summed E-state index contributed by atoms with van der Waals surface area (Å²) in [5.41, 5.74) is 8.64. The van der Waals surface area contributed by atoms with E-state index in [-0.39, 0.29) is 5.70 Å². The van der Waals surface area contributed by atoms with Crippen LogP contribution < -0.4 is 11.5 Å². The first-order valence-corrected chi connectivity index (χ1v) is 4.30. The zero-order chi connectivity index (χ0) is 12.6. The first-order valence-electron chi connectivity index (χ1n) is 4.30. The highest BCUT2D eigenvalue weighted by molar-refractivity contribution is 5.30. The molecule has 5 nitrogen and oxygen atoms in total. The van der Waals surface area contributed by atoms with Gasteiger partial charge in [0, 0.05) is 16.7 Å². The largest absolute Gasteiger partial charge is 0.399 e. The van der Waals surface area contributed by atoms with Crippen LogP contribution >= 0.6 is 0 Å². The van der Waals surface area contributed by atoms with Crippen molar-refractivity contribution < 1.29 is 18.1 Å². The number of allylic oxidation sites excluding steroid dienone is 1. The molecule has 1 aliphatic rings. The Kier molecular flexibility index (Phi) is 2.95. The zero-order valence-corrected chi connectivity index (χ0v) is 8.07. The van der Waals surface area contributed by atoms with Crippen molar-refractivity contribution in [3.05, 3.63) is 34.0 Å². The Morgan fingerprint density at radius 1 is 1.56 bits per heavy atom. The van der Waals surface area contributed by atoms with Crippen molar-refractivity contribution >= 4 is 0 Å². The van der Waals surface area contributed by atoms with Gasteiger partial charge in [0.1, 0.15) is 5.54 Å². The van der Waals surface area contributed by atoms with Gasteiger partial charge in [0.25, 0.3) is 6.04 Å². The van der Waals surface area contributed by atoms with Crippen LogP contribution in [0.3, 0.4) is 0 Å². The molecule has 0 aromatic carbocycles. The first-order chi connectivity index (χ1) is 7.14. The van der Waals surface area contributed by atoms with E-state index < -0.39 is 29.1 Å². The lowest BCUT2D eigenvalue weighted by atomic mass is 9.83. The van der Waals surface area contributed by atoms with Crippen molar-refractivity contribution in [2.45, 2.75) is 24.2 Å².